The first-order valence-electron chi connectivity index (χ1n) is 13.5. The quantitative estimate of drug-likeness (QED) is 0.444. The van der Waals surface area contributed by atoms with E-state index in [1.807, 2.05) is 12.3 Å². The third kappa shape index (κ3) is 5.16. The summed E-state index contributed by atoms with van der Waals surface area (Å²) in [4.78, 5) is 21.3. The highest BCUT2D eigenvalue weighted by Crippen LogP contribution is 2.32. The van der Waals surface area contributed by atoms with Crippen LogP contribution in [-0.2, 0) is 12.6 Å². The average molecular weight is 527 g/mol. The lowest BCUT2D eigenvalue weighted by molar-refractivity contribution is -0.137. The van der Waals surface area contributed by atoms with E-state index in [-0.39, 0.29) is 5.69 Å². The van der Waals surface area contributed by atoms with Crippen LogP contribution in [-0.4, -0.2) is 71.7 Å². The molecule has 38 heavy (non-hydrogen) atoms. The fraction of sp³-hybridized carbons (Fsp3) is 0.519. The molecule has 3 aromatic rings. The molecule has 8 nitrogen and oxygen atoms in total. The zero-order chi connectivity index (χ0) is 26.3. The highest BCUT2D eigenvalue weighted by atomic mass is 19.4. The fourth-order valence-electron chi connectivity index (χ4n) is 5.39. The number of halogens is 3. The molecule has 0 atom stereocenters. The van der Waals surface area contributed by atoms with E-state index in [0.717, 1.165) is 80.6 Å². The lowest BCUT2D eigenvalue weighted by atomic mass is 9.91. The van der Waals surface area contributed by atoms with Crippen LogP contribution in [0.1, 0.15) is 36.8 Å². The number of fused-ring (bicyclic) bond motifs is 1. The summed E-state index contributed by atoms with van der Waals surface area (Å²) < 4.78 is 39.7. The van der Waals surface area contributed by atoms with Gasteiger partial charge < -0.3 is 20.9 Å². The van der Waals surface area contributed by atoms with Gasteiger partial charge in [-0.2, -0.15) is 18.2 Å². The van der Waals surface area contributed by atoms with Crippen molar-refractivity contribution in [1.29, 1.82) is 0 Å². The van der Waals surface area contributed by atoms with Gasteiger partial charge in [0.05, 0.1) is 17.3 Å². The number of rotatable bonds is 7. The number of aromatic nitrogens is 3. The highest BCUT2D eigenvalue weighted by molar-refractivity contribution is 5.91. The second-order valence-corrected chi connectivity index (χ2v) is 10.5. The number of nitrogen functional groups attached to an aromatic ring is 1. The third-order valence-electron chi connectivity index (χ3n) is 7.97. The molecular weight excluding hydrogens is 493 g/mol. The molecule has 0 unspecified atom stereocenters. The molecule has 0 radical (unpaired) electrons. The largest absolute Gasteiger partial charge is 0.416 e. The van der Waals surface area contributed by atoms with Crippen molar-refractivity contribution in [3.8, 4) is 0 Å². The number of piperazine rings is 1. The minimum atomic E-state index is -4.43. The third-order valence-corrected chi connectivity index (χ3v) is 7.97. The van der Waals surface area contributed by atoms with Gasteiger partial charge >= 0.3 is 6.18 Å². The molecule has 4 heterocycles. The molecule has 1 aromatic carbocycles. The van der Waals surface area contributed by atoms with Crippen LogP contribution in [0.2, 0.25) is 0 Å². The van der Waals surface area contributed by atoms with E-state index in [2.05, 4.69) is 20.0 Å². The monoisotopic (exact) mass is 526 g/mol. The molecule has 0 spiro atoms. The fourth-order valence-corrected chi connectivity index (χ4v) is 5.39. The molecule has 202 valence electrons. The molecule has 3 fully saturated rings. The Morgan fingerprint density at radius 3 is 2.37 bits per heavy atom. The summed E-state index contributed by atoms with van der Waals surface area (Å²) in [7, 11) is 0. The number of nitrogens with one attached hydrogen (secondary N) is 1. The predicted molar refractivity (Wildman–Crippen MR) is 144 cm³/mol. The number of alkyl halides is 3. The van der Waals surface area contributed by atoms with Crippen LogP contribution in [0.15, 0.2) is 30.5 Å². The highest BCUT2D eigenvalue weighted by Gasteiger charge is 2.31. The average Bonchev–Trinajstić information content (AvgIpc) is 2.81. The zero-order valence-electron chi connectivity index (χ0n) is 21.3. The topological polar surface area (TPSA) is 86.4 Å². The van der Waals surface area contributed by atoms with Gasteiger partial charge in [-0.1, -0.05) is 6.42 Å². The summed E-state index contributed by atoms with van der Waals surface area (Å²) >= 11 is 0. The van der Waals surface area contributed by atoms with E-state index in [1.165, 1.54) is 19.3 Å². The first kappa shape index (κ1) is 25.0. The maximum Gasteiger partial charge on any atom is 0.416 e. The van der Waals surface area contributed by atoms with Gasteiger partial charge in [-0.05, 0) is 55.5 Å². The van der Waals surface area contributed by atoms with Crippen molar-refractivity contribution in [3.05, 3.63) is 41.6 Å². The van der Waals surface area contributed by atoms with E-state index in [9.17, 15) is 13.2 Å². The SMILES string of the molecule is Nc1cc(CCNc2nc(N3CCC3)nc3cnc(N4CCN(C5CCC5)CC4)cc23)cc(C(F)(F)F)c1. The smallest absolute Gasteiger partial charge is 0.399 e. The summed E-state index contributed by atoms with van der Waals surface area (Å²) in [5.74, 6) is 2.23. The maximum absolute atomic E-state index is 13.2. The van der Waals surface area contributed by atoms with Crippen LogP contribution in [0.25, 0.3) is 10.9 Å². The second-order valence-electron chi connectivity index (χ2n) is 10.5. The molecule has 2 aromatic heterocycles. The van der Waals surface area contributed by atoms with E-state index in [1.54, 1.807) is 6.07 Å². The molecule has 6 rings (SSSR count). The minimum absolute atomic E-state index is 0.107. The lowest BCUT2D eigenvalue weighted by Crippen LogP contribution is -2.52. The summed E-state index contributed by atoms with van der Waals surface area (Å²) in [6.07, 6.45) is 2.82. The number of pyridine rings is 1. The number of benzene rings is 1. The van der Waals surface area contributed by atoms with Gasteiger partial charge in [-0.3, -0.25) is 4.90 Å². The normalized spacial score (nSPS) is 18.9. The van der Waals surface area contributed by atoms with E-state index in [0.29, 0.717) is 30.3 Å². The Kier molecular flexibility index (Phi) is 6.63. The Balaban J connectivity index is 1.22. The summed E-state index contributed by atoms with van der Waals surface area (Å²) in [6.45, 7) is 6.17. The van der Waals surface area contributed by atoms with Gasteiger partial charge in [-0.15, -0.1) is 0 Å². The van der Waals surface area contributed by atoms with Crippen molar-refractivity contribution in [1.82, 2.24) is 19.9 Å². The number of hydrogen-bond acceptors (Lipinski definition) is 8. The molecule has 3 aliphatic rings. The Morgan fingerprint density at radius 1 is 0.921 bits per heavy atom. The molecule has 3 N–H and O–H groups in total. The summed E-state index contributed by atoms with van der Waals surface area (Å²) in [5.41, 5.74) is 6.41. The predicted octanol–water partition coefficient (Wildman–Crippen LogP) is 4.17. The Labute approximate surface area is 220 Å². The Morgan fingerprint density at radius 2 is 1.71 bits per heavy atom. The van der Waals surface area contributed by atoms with Gasteiger partial charge in [-0.25, -0.2) is 9.97 Å². The van der Waals surface area contributed by atoms with Crippen molar-refractivity contribution < 1.29 is 13.2 Å². The van der Waals surface area contributed by atoms with Gasteiger partial charge in [0.2, 0.25) is 5.95 Å². The maximum atomic E-state index is 13.2. The van der Waals surface area contributed by atoms with Crippen LogP contribution in [0, 0.1) is 0 Å². The molecule has 1 aliphatic carbocycles. The first-order valence-corrected chi connectivity index (χ1v) is 13.5. The second kappa shape index (κ2) is 10.1. The van der Waals surface area contributed by atoms with Crippen LogP contribution in [0.4, 0.5) is 36.4 Å². The number of nitrogens with two attached hydrogens (primary N) is 1. The van der Waals surface area contributed by atoms with Gasteiger partial charge in [0.1, 0.15) is 11.6 Å². The van der Waals surface area contributed by atoms with E-state index in [4.69, 9.17) is 20.7 Å². The van der Waals surface area contributed by atoms with Crippen molar-refractivity contribution in [2.45, 2.75) is 44.3 Å². The van der Waals surface area contributed by atoms with Crippen LogP contribution >= 0.6 is 0 Å². The van der Waals surface area contributed by atoms with Crippen LogP contribution < -0.4 is 20.9 Å². The molecule has 0 bridgehead atoms. The van der Waals surface area contributed by atoms with E-state index >= 15 is 0 Å². The molecule has 1 saturated carbocycles. The Bertz CT molecular complexity index is 1300. The van der Waals surface area contributed by atoms with Crippen LogP contribution in [0.5, 0.6) is 0 Å². The van der Waals surface area contributed by atoms with Crippen molar-refractivity contribution in [2.24, 2.45) is 0 Å². The van der Waals surface area contributed by atoms with Crippen molar-refractivity contribution >= 4 is 34.2 Å². The zero-order valence-corrected chi connectivity index (χ0v) is 21.3. The molecule has 2 saturated heterocycles. The molecular formula is C27H33F3N8. The van der Waals surface area contributed by atoms with Crippen LogP contribution in [0.3, 0.4) is 0 Å². The lowest BCUT2D eigenvalue weighted by Gasteiger charge is -2.43. The summed E-state index contributed by atoms with van der Waals surface area (Å²) in [6, 6.07) is 6.50. The van der Waals surface area contributed by atoms with Gasteiger partial charge in [0.15, 0.2) is 0 Å². The summed E-state index contributed by atoms with van der Waals surface area (Å²) in [5, 5.41) is 4.24. The number of anilines is 4. The molecule has 11 heteroatoms. The van der Waals surface area contributed by atoms with Crippen molar-refractivity contribution in [3.63, 3.8) is 0 Å². The van der Waals surface area contributed by atoms with Gasteiger partial charge in [0.25, 0.3) is 0 Å². The van der Waals surface area contributed by atoms with Crippen molar-refractivity contribution in [2.75, 3.05) is 66.7 Å². The van der Waals surface area contributed by atoms with E-state index < -0.39 is 11.7 Å². The number of nitrogens with zero attached hydrogens (tertiary/aromatic N) is 6. The standard InChI is InChI=1S/C27H33F3N8/c28-27(29,30)19-13-18(14-20(31)15-19)5-6-32-25-22-16-24(37-11-9-36(10-12-37)21-3-1-4-21)33-17-23(22)34-26(35-25)38-7-2-8-38/h13-17,21H,1-12,31H2,(H,32,34,35). The van der Waals surface area contributed by atoms with Gasteiger partial charge in [0, 0.05) is 62.9 Å². The Hall–Kier alpha value is -3.34. The molecule has 2 aliphatic heterocycles. The number of hydrogen-bond donors (Lipinski definition) is 2. The minimum Gasteiger partial charge on any atom is -0.399 e. The molecule has 0 amide bonds. The first-order chi connectivity index (χ1) is 18.3.